The van der Waals surface area contributed by atoms with Gasteiger partial charge in [-0.05, 0) is 22.8 Å². The molecule has 1 unspecified atom stereocenters. The van der Waals surface area contributed by atoms with Gasteiger partial charge in [0.05, 0.1) is 17.3 Å². The number of para-hydroxylation sites is 1. The van der Waals surface area contributed by atoms with Crippen LogP contribution in [0.15, 0.2) is 78.9 Å². The van der Waals surface area contributed by atoms with E-state index in [4.69, 9.17) is 0 Å². The molecule has 0 spiro atoms. The Kier molecular flexibility index (Phi) is 3.37. The van der Waals surface area contributed by atoms with Crippen molar-refractivity contribution in [2.45, 2.75) is 6.04 Å². The second-order valence-electron chi connectivity index (χ2n) is 6.48. The van der Waals surface area contributed by atoms with E-state index in [0.29, 0.717) is 0 Å². The monoisotopic (exact) mass is 339 g/mol. The van der Waals surface area contributed by atoms with Gasteiger partial charge in [0, 0.05) is 10.9 Å². The Morgan fingerprint density at radius 1 is 0.731 bits per heavy atom. The molecule has 2 heterocycles. The van der Waals surface area contributed by atoms with Crippen LogP contribution in [0.3, 0.4) is 0 Å². The number of amides is 1. The zero-order valence-corrected chi connectivity index (χ0v) is 14.0. The number of hydrogen-bond donors (Lipinski definition) is 3. The molecular formula is C22H17N3O. The molecule has 5 rings (SSSR count). The van der Waals surface area contributed by atoms with Gasteiger partial charge in [0.1, 0.15) is 0 Å². The van der Waals surface area contributed by atoms with E-state index in [1.807, 2.05) is 42.5 Å². The SMILES string of the molecule is O=C1NNC(c2ccc(-c3ccccc3)cc2)c2[nH]c3ccccc3c21. The predicted molar refractivity (Wildman–Crippen MR) is 103 cm³/mol. The lowest BCUT2D eigenvalue weighted by Crippen LogP contribution is -2.45. The summed E-state index contributed by atoms with van der Waals surface area (Å²) in [5.41, 5.74) is 12.0. The molecule has 0 fully saturated rings. The molecule has 4 nitrogen and oxygen atoms in total. The molecule has 4 aromatic rings. The van der Waals surface area contributed by atoms with Gasteiger partial charge in [-0.25, -0.2) is 5.43 Å². The Labute approximate surface area is 150 Å². The van der Waals surface area contributed by atoms with Gasteiger partial charge in [-0.2, -0.15) is 0 Å². The van der Waals surface area contributed by atoms with Crippen LogP contribution in [0.2, 0.25) is 0 Å². The minimum absolute atomic E-state index is 0.102. The minimum Gasteiger partial charge on any atom is -0.356 e. The summed E-state index contributed by atoms with van der Waals surface area (Å²) in [5.74, 6) is -0.102. The van der Waals surface area contributed by atoms with Crippen molar-refractivity contribution >= 4 is 16.8 Å². The van der Waals surface area contributed by atoms with Crippen molar-refractivity contribution in [1.82, 2.24) is 15.8 Å². The second kappa shape index (κ2) is 5.86. The van der Waals surface area contributed by atoms with Gasteiger partial charge in [0.15, 0.2) is 0 Å². The van der Waals surface area contributed by atoms with Crippen LogP contribution < -0.4 is 10.9 Å². The first-order valence-corrected chi connectivity index (χ1v) is 8.63. The number of carbonyl (C=O) groups is 1. The molecule has 1 atom stereocenters. The van der Waals surface area contributed by atoms with Crippen LogP contribution >= 0.6 is 0 Å². The van der Waals surface area contributed by atoms with Gasteiger partial charge in [-0.1, -0.05) is 72.8 Å². The predicted octanol–water partition coefficient (Wildman–Crippen LogP) is 4.17. The Balaban J connectivity index is 1.58. The molecule has 0 saturated carbocycles. The van der Waals surface area contributed by atoms with Crippen molar-refractivity contribution in [3.63, 3.8) is 0 Å². The van der Waals surface area contributed by atoms with Crippen molar-refractivity contribution in [3.8, 4) is 11.1 Å². The van der Waals surface area contributed by atoms with Crippen LogP contribution in [0.1, 0.15) is 27.7 Å². The first-order chi connectivity index (χ1) is 12.8. The maximum absolute atomic E-state index is 12.4. The van der Waals surface area contributed by atoms with E-state index >= 15 is 0 Å². The molecule has 26 heavy (non-hydrogen) atoms. The molecule has 1 amide bonds. The van der Waals surface area contributed by atoms with E-state index in [0.717, 1.165) is 27.7 Å². The zero-order chi connectivity index (χ0) is 17.5. The number of hydrazine groups is 1. The Morgan fingerprint density at radius 2 is 1.42 bits per heavy atom. The van der Waals surface area contributed by atoms with Gasteiger partial charge in [0.25, 0.3) is 5.91 Å². The quantitative estimate of drug-likeness (QED) is 0.513. The number of benzene rings is 3. The first-order valence-electron chi connectivity index (χ1n) is 8.63. The van der Waals surface area contributed by atoms with E-state index in [9.17, 15) is 4.79 Å². The number of rotatable bonds is 2. The van der Waals surface area contributed by atoms with Crippen molar-refractivity contribution in [2.75, 3.05) is 0 Å². The molecule has 0 bridgehead atoms. The van der Waals surface area contributed by atoms with Gasteiger partial charge in [0.2, 0.25) is 0 Å². The molecule has 0 saturated heterocycles. The molecular weight excluding hydrogens is 322 g/mol. The van der Waals surface area contributed by atoms with Gasteiger partial charge < -0.3 is 4.98 Å². The molecule has 1 aliphatic rings. The molecule has 126 valence electrons. The summed E-state index contributed by atoms with van der Waals surface area (Å²) in [5, 5.41) is 0.951. The average molecular weight is 339 g/mol. The summed E-state index contributed by atoms with van der Waals surface area (Å²) in [4.78, 5) is 15.8. The summed E-state index contributed by atoms with van der Waals surface area (Å²) in [6.07, 6.45) is 0. The summed E-state index contributed by atoms with van der Waals surface area (Å²) < 4.78 is 0. The topological polar surface area (TPSA) is 56.9 Å². The van der Waals surface area contributed by atoms with Gasteiger partial charge >= 0.3 is 0 Å². The molecule has 3 N–H and O–H groups in total. The lowest BCUT2D eigenvalue weighted by molar-refractivity contribution is 0.0914. The van der Waals surface area contributed by atoms with E-state index in [1.165, 1.54) is 11.1 Å². The fourth-order valence-corrected chi connectivity index (χ4v) is 3.64. The molecule has 4 heteroatoms. The number of carbonyl (C=O) groups excluding carboxylic acids is 1. The maximum Gasteiger partial charge on any atom is 0.267 e. The number of hydrogen-bond acceptors (Lipinski definition) is 2. The fourth-order valence-electron chi connectivity index (χ4n) is 3.64. The third kappa shape index (κ3) is 2.31. The maximum atomic E-state index is 12.4. The number of aromatic amines is 1. The lowest BCUT2D eigenvalue weighted by Gasteiger charge is -2.25. The van der Waals surface area contributed by atoms with Crippen LogP contribution in [0.5, 0.6) is 0 Å². The molecule has 1 aromatic heterocycles. The van der Waals surface area contributed by atoms with Crippen LogP contribution in [-0.4, -0.2) is 10.9 Å². The Hall–Kier alpha value is -3.37. The van der Waals surface area contributed by atoms with Crippen molar-refractivity contribution in [2.24, 2.45) is 0 Å². The van der Waals surface area contributed by atoms with Crippen LogP contribution in [0.25, 0.3) is 22.0 Å². The normalized spacial score (nSPS) is 16.3. The molecule has 1 aliphatic heterocycles. The number of fused-ring (bicyclic) bond motifs is 3. The highest BCUT2D eigenvalue weighted by molar-refractivity contribution is 6.09. The van der Waals surface area contributed by atoms with Crippen molar-refractivity contribution < 1.29 is 4.79 Å². The number of nitrogens with one attached hydrogen (secondary N) is 3. The second-order valence-corrected chi connectivity index (χ2v) is 6.48. The van der Waals surface area contributed by atoms with Crippen LogP contribution in [0, 0.1) is 0 Å². The zero-order valence-electron chi connectivity index (χ0n) is 14.0. The molecule has 0 radical (unpaired) electrons. The van der Waals surface area contributed by atoms with Gasteiger partial charge in [-0.3, -0.25) is 10.2 Å². The van der Waals surface area contributed by atoms with Crippen LogP contribution in [-0.2, 0) is 0 Å². The fraction of sp³-hybridized carbons (Fsp3) is 0.0455. The smallest absolute Gasteiger partial charge is 0.267 e. The van der Waals surface area contributed by atoms with Crippen LogP contribution in [0.4, 0.5) is 0 Å². The highest BCUT2D eigenvalue weighted by atomic mass is 16.2. The number of aromatic nitrogens is 1. The highest BCUT2D eigenvalue weighted by Crippen LogP contribution is 2.33. The third-order valence-electron chi connectivity index (χ3n) is 4.93. The summed E-state index contributed by atoms with van der Waals surface area (Å²) in [7, 11) is 0. The van der Waals surface area contributed by atoms with Gasteiger partial charge in [-0.15, -0.1) is 0 Å². The Morgan fingerprint density at radius 3 is 2.23 bits per heavy atom. The standard InChI is InChI=1S/C22H17N3O/c26-22-19-17-8-4-5-9-18(17)23-21(19)20(24-25-22)16-12-10-15(11-13-16)14-6-2-1-3-7-14/h1-13,20,23-24H,(H,25,26). The average Bonchev–Trinajstić information content (AvgIpc) is 3.09. The first kappa shape index (κ1) is 14.9. The minimum atomic E-state index is -0.111. The Bertz CT molecular complexity index is 1100. The highest BCUT2D eigenvalue weighted by Gasteiger charge is 2.30. The lowest BCUT2D eigenvalue weighted by atomic mass is 9.96. The number of H-pyrrole nitrogens is 1. The van der Waals surface area contributed by atoms with Crippen molar-refractivity contribution in [3.05, 3.63) is 95.7 Å². The largest absolute Gasteiger partial charge is 0.356 e. The summed E-state index contributed by atoms with van der Waals surface area (Å²) in [6.45, 7) is 0. The van der Waals surface area contributed by atoms with E-state index in [2.05, 4.69) is 52.2 Å². The summed E-state index contributed by atoms with van der Waals surface area (Å²) >= 11 is 0. The van der Waals surface area contributed by atoms with E-state index in [-0.39, 0.29) is 11.9 Å². The van der Waals surface area contributed by atoms with E-state index in [1.54, 1.807) is 0 Å². The summed E-state index contributed by atoms with van der Waals surface area (Å²) in [6, 6.07) is 26.5. The van der Waals surface area contributed by atoms with Crippen molar-refractivity contribution in [1.29, 1.82) is 0 Å². The molecule has 3 aromatic carbocycles. The third-order valence-corrected chi connectivity index (χ3v) is 4.93. The molecule has 0 aliphatic carbocycles. The van der Waals surface area contributed by atoms with E-state index < -0.39 is 0 Å².